The van der Waals surface area contributed by atoms with Crippen LogP contribution in [0.2, 0.25) is 0 Å². The monoisotopic (exact) mass is 318 g/mol. The lowest BCUT2D eigenvalue weighted by molar-refractivity contribution is 0.398. The molecule has 3 heterocycles. The van der Waals surface area contributed by atoms with E-state index in [1.165, 1.54) is 0 Å². The third kappa shape index (κ3) is 2.44. The molecule has 1 N–H and O–H groups in total. The van der Waals surface area contributed by atoms with Crippen molar-refractivity contribution in [2.75, 3.05) is 7.11 Å². The number of aromatic hydroxyl groups is 1. The summed E-state index contributed by atoms with van der Waals surface area (Å²) >= 11 is 0. The maximum atomic E-state index is 9.45. The lowest BCUT2D eigenvalue weighted by atomic mass is 10.1. The predicted octanol–water partition coefficient (Wildman–Crippen LogP) is 3.17. The molecule has 118 valence electrons. The highest BCUT2D eigenvalue weighted by Gasteiger charge is 2.09. The van der Waals surface area contributed by atoms with Gasteiger partial charge in [0.25, 0.3) is 0 Å². The summed E-state index contributed by atoms with van der Waals surface area (Å²) in [7, 11) is 1.59. The van der Waals surface area contributed by atoms with Crippen LogP contribution in [0.1, 0.15) is 0 Å². The minimum atomic E-state index is 0.235. The number of phenolic OH excluding ortho intramolecular Hbond substituents is 1. The molecule has 0 aliphatic carbocycles. The Kier molecular flexibility index (Phi) is 3.35. The SMILES string of the molecule is COc1ccc(-c2cn3c(-c4ccc(O)cc4)cnc3cn2)cn1. The van der Waals surface area contributed by atoms with Crippen LogP contribution in [0.4, 0.5) is 0 Å². The van der Waals surface area contributed by atoms with Gasteiger partial charge in [-0.25, -0.2) is 9.97 Å². The topological polar surface area (TPSA) is 72.5 Å². The molecule has 0 atom stereocenters. The standard InChI is InChI=1S/C18H14N4O2/c1-24-18-7-4-13(8-21-18)15-11-22-16(9-20-17(22)10-19-15)12-2-5-14(23)6-3-12/h2-11,23H,1H3. The minimum absolute atomic E-state index is 0.235. The van der Waals surface area contributed by atoms with Crippen LogP contribution in [0.5, 0.6) is 11.6 Å². The first-order chi connectivity index (χ1) is 11.7. The molecule has 4 aromatic rings. The highest BCUT2D eigenvalue weighted by Crippen LogP contribution is 2.25. The van der Waals surface area contributed by atoms with Crippen molar-refractivity contribution in [1.29, 1.82) is 0 Å². The van der Waals surface area contributed by atoms with Crippen molar-refractivity contribution in [3.8, 4) is 34.1 Å². The summed E-state index contributed by atoms with van der Waals surface area (Å²) in [6.45, 7) is 0. The number of ether oxygens (including phenoxy) is 1. The van der Waals surface area contributed by atoms with E-state index in [-0.39, 0.29) is 5.75 Å². The number of rotatable bonds is 3. The average molecular weight is 318 g/mol. The van der Waals surface area contributed by atoms with E-state index in [1.54, 1.807) is 43.9 Å². The summed E-state index contributed by atoms with van der Waals surface area (Å²) in [5, 5.41) is 9.45. The van der Waals surface area contributed by atoms with Crippen LogP contribution >= 0.6 is 0 Å². The second-order valence-corrected chi connectivity index (χ2v) is 5.28. The molecule has 0 bridgehead atoms. The van der Waals surface area contributed by atoms with Gasteiger partial charge in [0, 0.05) is 29.6 Å². The molecule has 0 saturated heterocycles. The number of aromatic nitrogens is 4. The molecule has 4 rings (SSSR count). The molecule has 3 aromatic heterocycles. The predicted molar refractivity (Wildman–Crippen MR) is 89.9 cm³/mol. The van der Waals surface area contributed by atoms with Crippen molar-refractivity contribution in [2.24, 2.45) is 0 Å². The Hall–Kier alpha value is -3.41. The number of fused-ring (bicyclic) bond motifs is 1. The molecule has 0 amide bonds. The number of hydrogen-bond acceptors (Lipinski definition) is 5. The summed E-state index contributed by atoms with van der Waals surface area (Å²) in [5.41, 5.74) is 4.32. The number of imidazole rings is 1. The fourth-order valence-electron chi connectivity index (χ4n) is 2.54. The number of phenols is 1. The van der Waals surface area contributed by atoms with Gasteiger partial charge in [-0.05, 0) is 30.3 Å². The van der Waals surface area contributed by atoms with Gasteiger partial charge in [0.15, 0.2) is 5.65 Å². The number of pyridine rings is 1. The Bertz CT molecular complexity index is 992. The Balaban J connectivity index is 1.81. The molecule has 1 aromatic carbocycles. The Morgan fingerprint density at radius 2 is 1.67 bits per heavy atom. The molecule has 24 heavy (non-hydrogen) atoms. The van der Waals surface area contributed by atoms with E-state index in [0.29, 0.717) is 5.88 Å². The van der Waals surface area contributed by atoms with Crippen molar-refractivity contribution in [1.82, 2.24) is 19.4 Å². The maximum absolute atomic E-state index is 9.45. The first-order valence-electron chi connectivity index (χ1n) is 7.37. The van der Waals surface area contributed by atoms with E-state index in [2.05, 4.69) is 15.0 Å². The maximum Gasteiger partial charge on any atom is 0.212 e. The number of benzene rings is 1. The Labute approximate surface area is 138 Å². The van der Waals surface area contributed by atoms with Crippen molar-refractivity contribution >= 4 is 5.65 Å². The molecular formula is C18H14N4O2. The molecule has 0 unspecified atom stereocenters. The van der Waals surface area contributed by atoms with Crippen LogP contribution in [-0.4, -0.2) is 31.6 Å². The van der Waals surface area contributed by atoms with Gasteiger partial charge in [0.05, 0.1) is 30.9 Å². The fourth-order valence-corrected chi connectivity index (χ4v) is 2.54. The van der Waals surface area contributed by atoms with Gasteiger partial charge in [0.1, 0.15) is 5.75 Å². The van der Waals surface area contributed by atoms with Gasteiger partial charge < -0.3 is 9.84 Å². The smallest absolute Gasteiger partial charge is 0.212 e. The normalized spacial score (nSPS) is 10.9. The van der Waals surface area contributed by atoms with Gasteiger partial charge in [-0.2, -0.15) is 0 Å². The van der Waals surface area contributed by atoms with Crippen LogP contribution in [0, 0.1) is 0 Å². The quantitative estimate of drug-likeness (QED) is 0.628. The summed E-state index contributed by atoms with van der Waals surface area (Å²) in [4.78, 5) is 13.0. The molecule has 0 saturated carbocycles. The van der Waals surface area contributed by atoms with Crippen LogP contribution < -0.4 is 4.74 Å². The Morgan fingerprint density at radius 3 is 2.38 bits per heavy atom. The van der Waals surface area contributed by atoms with E-state index in [0.717, 1.165) is 28.2 Å². The molecule has 0 aliphatic heterocycles. The average Bonchev–Trinajstić information content (AvgIpc) is 3.05. The minimum Gasteiger partial charge on any atom is -0.508 e. The van der Waals surface area contributed by atoms with E-state index < -0.39 is 0 Å². The van der Waals surface area contributed by atoms with E-state index in [4.69, 9.17) is 4.74 Å². The van der Waals surface area contributed by atoms with Crippen molar-refractivity contribution in [3.63, 3.8) is 0 Å². The molecule has 0 radical (unpaired) electrons. The highest BCUT2D eigenvalue weighted by molar-refractivity contribution is 5.66. The first kappa shape index (κ1) is 14.2. The van der Waals surface area contributed by atoms with Crippen molar-refractivity contribution < 1.29 is 9.84 Å². The van der Waals surface area contributed by atoms with Gasteiger partial charge >= 0.3 is 0 Å². The first-order valence-corrected chi connectivity index (χ1v) is 7.37. The van der Waals surface area contributed by atoms with Crippen LogP contribution in [0.3, 0.4) is 0 Å². The molecule has 0 fully saturated rings. The highest BCUT2D eigenvalue weighted by atomic mass is 16.5. The van der Waals surface area contributed by atoms with E-state index >= 15 is 0 Å². The van der Waals surface area contributed by atoms with Gasteiger partial charge in [-0.1, -0.05) is 0 Å². The molecule has 6 nitrogen and oxygen atoms in total. The van der Waals surface area contributed by atoms with Crippen LogP contribution in [-0.2, 0) is 0 Å². The number of nitrogens with zero attached hydrogens (tertiary/aromatic N) is 4. The number of hydrogen-bond donors (Lipinski definition) is 1. The van der Waals surface area contributed by atoms with Crippen LogP contribution in [0.15, 0.2) is 61.2 Å². The summed E-state index contributed by atoms with van der Waals surface area (Å²) in [5.74, 6) is 0.798. The lowest BCUT2D eigenvalue weighted by Crippen LogP contribution is -1.94. The van der Waals surface area contributed by atoms with E-state index in [9.17, 15) is 5.11 Å². The molecule has 0 aliphatic rings. The fraction of sp³-hybridized carbons (Fsp3) is 0.0556. The van der Waals surface area contributed by atoms with Crippen LogP contribution in [0.25, 0.3) is 28.2 Å². The van der Waals surface area contributed by atoms with Gasteiger partial charge in [-0.3, -0.25) is 9.38 Å². The number of methoxy groups -OCH3 is 1. The molecule has 0 spiro atoms. The Morgan fingerprint density at radius 1 is 0.875 bits per heavy atom. The third-order valence-electron chi connectivity index (χ3n) is 3.80. The van der Waals surface area contributed by atoms with Crippen molar-refractivity contribution in [2.45, 2.75) is 0 Å². The van der Waals surface area contributed by atoms with Gasteiger partial charge in [0.2, 0.25) is 5.88 Å². The summed E-state index contributed by atoms with van der Waals surface area (Å²) < 4.78 is 7.05. The van der Waals surface area contributed by atoms with Crippen molar-refractivity contribution in [3.05, 3.63) is 61.2 Å². The largest absolute Gasteiger partial charge is 0.508 e. The second kappa shape index (κ2) is 5.66. The lowest BCUT2D eigenvalue weighted by Gasteiger charge is -2.06. The zero-order valence-electron chi connectivity index (χ0n) is 12.9. The summed E-state index contributed by atoms with van der Waals surface area (Å²) in [6, 6.07) is 10.7. The van der Waals surface area contributed by atoms with E-state index in [1.807, 2.05) is 28.8 Å². The third-order valence-corrected chi connectivity index (χ3v) is 3.80. The zero-order valence-corrected chi connectivity index (χ0v) is 12.9. The molecular weight excluding hydrogens is 304 g/mol. The molecule has 6 heteroatoms. The van der Waals surface area contributed by atoms with Gasteiger partial charge in [-0.15, -0.1) is 0 Å². The zero-order chi connectivity index (χ0) is 16.5. The summed E-state index contributed by atoms with van der Waals surface area (Å²) in [6.07, 6.45) is 7.17. The second-order valence-electron chi connectivity index (χ2n) is 5.28.